The molecule has 3 saturated heterocycles. The minimum atomic E-state index is -2.90. The zero-order chi connectivity index (χ0) is 32.2. The molecule has 3 N–H and O–H groups in total. The summed E-state index contributed by atoms with van der Waals surface area (Å²) in [4.78, 5) is 34.5. The second-order valence-corrected chi connectivity index (χ2v) is 13.4. The van der Waals surface area contributed by atoms with Crippen LogP contribution in [0.1, 0.15) is 61.6 Å². The molecule has 0 spiro atoms. The van der Waals surface area contributed by atoms with Crippen LogP contribution in [0.3, 0.4) is 0 Å². The molecule has 46 heavy (non-hydrogen) atoms. The molecule has 2 unspecified atom stereocenters. The highest BCUT2D eigenvalue weighted by molar-refractivity contribution is 7.97. The summed E-state index contributed by atoms with van der Waals surface area (Å²) in [5.74, 6) is 0.480. The molecular weight excluding hydrogens is 618 g/mol. The van der Waals surface area contributed by atoms with Crippen LogP contribution in [-0.2, 0) is 16.6 Å². The van der Waals surface area contributed by atoms with E-state index in [-0.39, 0.29) is 23.6 Å². The Bertz CT molecular complexity index is 1510. The highest BCUT2D eigenvalue weighted by Crippen LogP contribution is 2.34. The van der Waals surface area contributed by atoms with E-state index in [2.05, 4.69) is 57.8 Å². The van der Waals surface area contributed by atoms with Crippen molar-refractivity contribution < 1.29 is 28.2 Å². The molecule has 0 bridgehead atoms. The largest absolute Gasteiger partial charge is 0.432 e. The third kappa shape index (κ3) is 7.93. The lowest BCUT2D eigenvalue weighted by Crippen LogP contribution is -2.40. The molecule has 6 rings (SSSR count). The quantitative estimate of drug-likeness (QED) is 0.207. The number of hydrogen-bond donors (Lipinski definition) is 3. The number of aliphatic hydroxyl groups excluding tert-OH is 1. The third-order valence-corrected chi connectivity index (χ3v) is 10.4. The van der Waals surface area contributed by atoms with Crippen molar-refractivity contribution >= 4 is 40.6 Å². The number of aliphatic hydroxyl groups is 1. The predicted octanol–water partition coefficient (Wildman–Crippen LogP) is 3.25. The summed E-state index contributed by atoms with van der Waals surface area (Å²) in [6, 6.07) is 6.60. The Kier molecular flexibility index (Phi) is 10.3. The fourth-order valence-electron chi connectivity index (χ4n) is 6.63. The number of amides is 2. The topological polar surface area (TPSA) is 138 Å². The molecule has 3 fully saturated rings. The number of piperidine rings is 3. The first-order valence-corrected chi connectivity index (χ1v) is 16.8. The number of carbonyl (C=O) groups excluding carboxylic acids is 2. The fourth-order valence-corrected chi connectivity index (χ4v) is 7.58. The first-order chi connectivity index (χ1) is 22.2. The molecule has 0 saturated carbocycles. The van der Waals surface area contributed by atoms with Crippen LogP contribution < -0.4 is 15.4 Å². The normalized spacial score (nSPS) is 21.5. The number of hydrogen-bond acceptors (Lipinski definition) is 11. The average molecular weight is 659 g/mol. The van der Waals surface area contributed by atoms with Crippen LogP contribution in [0.15, 0.2) is 30.6 Å². The first kappa shape index (κ1) is 32.5. The van der Waals surface area contributed by atoms with E-state index in [1.807, 2.05) is 11.7 Å². The molecule has 2 aromatic heterocycles. The molecule has 3 aliphatic rings. The van der Waals surface area contributed by atoms with Gasteiger partial charge in [0.2, 0.25) is 17.8 Å². The maximum Gasteiger partial charge on any atom is 0.387 e. The van der Waals surface area contributed by atoms with Gasteiger partial charge in [-0.3, -0.25) is 23.9 Å². The maximum atomic E-state index is 12.5. The van der Waals surface area contributed by atoms with E-state index >= 15 is 0 Å². The number of aromatic nitrogens is 4. The highest BCUT2D eigenvalue weighted by atomic mass is 32.2. The Labute approximate surface area is 270 Å². The number of carbonyl (C=O) groups is 2. The van der Waals surface area contributed by atoms with Gasteiger partial charge in [-0.1, -0.05) is 24.1 Å². The molecule has 2 amide bonds. The Hall–Kier alpha value is -3.40. The molecule has 15 heteroatoms. The van der Waals surface area contributed by atoms with Crippen molar-refractivity contribution in [2.24, 2.45) is 7.05 Å². The number of β-amino-alcohol motifs (C(OH)–C–C–N with tert-alkyl or cyclic N) is 1. The van der Waals surface area contributed by atoms with Crippen molar-refractivity contribution in [3.63, 3.8) is 0 Å². The Morgan fingerprint density at radius 3 is 2.52 bits per heavy atom. The lowest BCUT2D eigenvalue weighted by atomic mass is 9.87. The fraction of sp³-hybridized carbons (Fsp3) is 0.581. The van der Waals surface area contributed by atoms with Crippen LogP contribution in [0.25, 0.3) is 10.9 Å². The van der Waals surface area contributed by atoms with Crippen molar-refractivity contribution in [3.05, 3.63) is 41.9 Å². The van der Waals surface area contributed by atoms with Gasteiger partial charge in [0.1, 0.15) is 0 Å². The number of halogens is 2. The lowest BCUT2D eigenvalue weighted by molar-refractivity contribution is -0.134. The summed E-state index contributed by atoms with van der Waals surface area (Å²) in [5.41, 5.74) is 3.00. The molecule has 5 heterocycles. The maximum absolute atomic E-state index is 12.5. The van der Waals surface area contributed by atoms with Crippen molar-refractivity contribution in [2.45, 2.75) is 69.1 Å². The molecule has 0 radical (unpaired) electrons. The number of nitrogens with zero attached hydrogens (tertiary/aromatic N) is 6. The van der Waals surface area contributed by atoms with Gasteiger partial charge in [-0.15, -0.1) is 0 Å². The van der Waals surface area contributed by atoms with Crippen molar-refractivity contribution in [3.8, 4) is 5.75 Å². The first-order valence-electron chi connectivity index (χ1n) is 15.8. The van der Waals surface area contributed by atoms with Crippen LogP contribution in [0, 0.1) is 0 Å². The number of likely N-dealkylation sites (tertiary alicyclic amines) is 1. The number of aryl methyl sites for hydroxylation is 1. The molecular formula is C31H40F2N8O4S. The van der Waals surface area contributed by atoms with Crippen LogP contribution in [0.2, 0.25) is 0 Å². The molecule has 3 aromatic rings. The Balaban J connectivity index is 0.915. The van der Waals surface area contributed by atoms with Gasteiger partial charge in [-0.05, 0) is 62.7 Å². The van der Waals surface area contributed by atoms with E-state index in [0.29, 0.717) is 37.0 Å². The standard InChI is InChI=1S/C31H40F2N8O4S/c1-39-26-14-20(2-3-24(26)28(38-39)25-4-5-27(43)37-29(25)44)19-6-10-40(11-7-19)17-22(42)18-46-41-12-8-21(9-13-41)36-31-34-15-23(16-35-31)45-30(32)33/h2-3,14-16,19,21-22,25,30,42H,4-13,17-18H2,1H3,(H,34,35,36)(H,37,43,44). The highest BCUT2D eigenvalue weighted by Gasteiger charge is 2.32. The van der Waals surface area contributed by atoms with Crippen LogP contribution in [-0.4, -0.2) is 103 Å². The summed E-state index contributed by atoms with van der Waals surface area (Å²) in [6.45, 7) is 1.32. The zero-order valence-electron chi connectivity index (χ0n) is 25.8. The van der Waals surface area contributed by atoms with Gasteiger partial charge in [0, 0.05) is 50.3 Å². The van der Waals surface area contributed by atoms with Crippen molar-refractivity contribution in [1.29, 1.82) is 0 Å². The van der Waals surface area contributed by atoms with Crippen molar-refractivity contribution in [2.75, 3.05) is 43.8 Å². The number of anilines is 1. The summed E-state index contributed by atoms with van der Waals surface area (Å²) < 4.78 is 33.0. The summed E-state index contributed by atoms with van der Waals surface area (Å²) in [7, 11) is 1.90. The molecule has 2 atom stereocenters. The van der Waals surface area contributed by atoms with Crippen LogP contribution >= 0.6 is 11.9 Å². The second-order valence-electron chi connectivity index (χ2n) is 12.3. The number of benzene rings is 1. The molecule has 3 aliphatic heterocycles. The lowest BCUT2D eigenvalue weighted by Gasteiger charge is -2.34. The molecule has 0 aliphatic carbocycles. The minimum absolute atomic E-state index is 0.0687. The number of alkyl halides is 2. The van der Waals surface area contributed by atoms with Gasteiger partial charge in [-0.25, -0.2) is 9.97 Å². The molecule has 12 nitrogen and oxygen atoms in total. The van der Waals surface area contributed by atoms with Crippen LogP contribution in [0.4, 0.5) is 14.7 Å². The number of rotatable bonds is 11. The molecule has 248 valence electrons. The molecule has 1 aromatic carbocycles. The summed E-state index contributed by atoms with van der Waals surface area (Å²) >= 11 is 1.68. The van der Waals surface area contributed by atoms with Gasteiger partial charge < -0.3 is 20.1 Å². The van der Waals surface area contributed by atoms with Gasteiger partial charge in [0.15, 0.2) is 5.75 Å². The van der Waals surface area contributed by atoms with Gasteiger partial charge in [-0.2, -0.15) is 13.9 Å². The summed E-state index contributed by atoms with van der Waals surface area (Å²) in [6.07, 6.45) is 6.65. The minimum Gasteiger partial charge on any atom is -0.432 e. The van der Waals surface area contributed by atoms with E-state index in [1.54, 1.807) is 11.9 Å². The van der Waals surface area contributed by atoms with E-state index in [9.17, 15) is 23.5 Å². The number of fused-ring (bicyclic) bond motifs is 1. The predicted molar refractivity (Wildman–Crippen MR) is 170 cm³/mol. The second kappa shape index (κ2) is 14.6. The smallest absolute Gasteiger partial charge is 0.387 e. The van der Waals surface area contributed by atoms with Gasteiger partial charge in [0.05, 0.1) is 35.6 Å². The monoisotopic (exact) mass is 658 g/mol. The zero-order valence-corrected chi connectivity index (χ0v) is 26.6. The van der Waals surface area contributed by atoms with E-state index < -0.39 is 18.6 Å². The van der Waals surface area contributed by atoms with Crippen LogP contribution in [0.5, 0.6) is 5.75 Å². The van der Waals surface area contributed by atoms with E-state index in [4.69, 9.17) is 0 Å². The van der Waals surface area contributed by atoms with E-state index in [1.165, 1.54) is 18.0 Å². The number of nitrogens with one attached hydrogen (secondary N) is 2. The number of imide groups is 1. The Morgan fingerprint density at radius 1 is 1.09 bits per heavy atom. The van der Waals surface area contributed by atoms with Crippen molar-refractivity contribution in [1.82, 2.24) is 34.3 Å². The van der Waals surface area contributed by atoms with E-state index in [0.717, 1.165) is 68.5 Å². The summed E-state index contributed by atoms with van der Waals surface area (Å²) in [5, 5.41) is 22.1. The third-order valence-electron chi connectivity index (χ3n) is 9.09. The average Bonchev–Trinajstić information content (AvgIpc) is 3.37. The van der Waals surface area contributed by atoms with Gasteiger partial charge in [0.25, 0.3) is 0 Å². The number of ether oxygens (including phenoxy) is 1. The van der Waals surface area contributed by atoms with Gasteiger partial charge >= 0.3 is 6.61 Å². The Morgan fingerprint density at radius 2 is 1.83 bits per heavy atom. The SMILES string of the molecule is Cn1nc(C2CCC(=O)NC2=O)c2ccc(C3CCN(CC(O)CSN4CCC(Nc5ncc(OC(F)F)cn5)CC4)CC3)cc21.